The van der Waals surface area contributed by atoms with Crippen LogP contribution in [0.3, 0.4) is 0 Å². The number of esters is 1. The third kappa shape index (κ3) is 6.46. The van der Waals surface area contributed by atoms with Crippen LogP contribution in [0.4, 0.5) is 10.1 Å². The van der Waals surface area contributed by atoms with Crippen LogP contribution in [-0.2, 0) is 19.6 Å². The highest BCUT2D eigenvalue weighted by Crippen LogP contribution is 2.40. The van der Waals surface area contributed by atoms with Crippen LogP contribution in [0, 0.1) is 5.82 Å². The van der Waals surface area contributed by atoms with E-state index in [2.05, 4.69) is 4.98 Å². The average Bonchev–Trinajstić information content (AvgIpc) is 2.92. The van der Waals surface area contributed by atoms with Gasteiger partial charge in [-0.15, -0.1) is 0 Å². The van der Waals surface area contributed by atoms with Gasteiger partial charge >= 0.3 is 5.97 Å². The molecule has 206 valence electrons. The fourth-order valence-corrected chi connectivity index (χ4v) is 6.06. The Bertz CT molecular complexity index is 1500. The first-order valence-corrected chi connectivity index (χ1v) is 14.1. The zero-order valence-corrected chi connectivity index (χ0v) is 23.4. The van der Waals surface area contributed by atoms with E-state index in [1.165, 1.54) is 41.9 Å². The van der Waals surface area contributed by atoms with Gasteiger partial charge in [-0.3, -0.25) is 9.10 Å². The topological polar surface area (TPSA) is 95.0 Å². The summed E-state index contributed by atoms with van der Waals surface area (Å²) >= 11 is 12.2. The van der Waals surface area contributed by atoms with Crippen molar-refractivity contribution in [3.8, 4) is 11.6 Å². The van der Waals surface area contributed by atoms with Crippen molar-refractivity contribution in [2.75, 3.05) is 24.6 Å². The van der Waals surface area contributed by atoms with Gasteiger partial charge < -0.3 is 14.2 Å². The van der Waals surface area contributed by atoms with E-state index in [1.54, 1.807) is 37.3 Å². The maximum absolute atomic E-state index is 14.3. The van der Waals surface area contributed by atoms with Crippen LogP contribution in [-0.4, -0.2) is 45.7 Å². The van der Waals surface area contributed by atoms with E-state index < -0.39 is 27.9 Å². The van der Waals surface area contributed by atoms with E-state index in [0.29, 0.717) is 5.56 Å². The number of nitrogens with zero attached hydrogens (tertiary/aromatic N) is 2. The quantitative estimate of drug-likeness (QED) is 0.221. The second kappa shape index (κ2) is 12.2. The van der Waals surface area contributed by atoms with Crippen LogP contribution in [0.1, 0.15) is 30.9 Å². The molecule has 3 aromatic rings. The van der Waals surface area contributed by atoms with Crippen molar-refractivity contribution >= 4 is 57.0 Å². The fourth-order valence-electron chi connectivity index (χ4n) is 4.00. The number of sulfonamides is 1. The highest BCUT2D eigenvalue weighted by Gasteiger charge is 2.37. The lowest BCUT2D eigenvalue weighted by Gasteiger charge is -2.35. The Labute approximate surface area is 236 Å². The van der Waals surface area contributed by atoms with E-state index in [0.717, 1.165) is 0 Å². The number of anilines is 1. The number of methoxy groups -OCH3 is 1. The average molecular weight is 595 g/mol. The van der Waals surface area contributed by atoms with Crippen LogP contribution in [0.5, 0.6) is 11.6 Å². The van der Waals surface area contributed by atoms with Gasteiger partial charge in [0.2, 0.25) is 5.88 Å². The lowest BCUT2D eigenvalue weighted by atomic mass is 10.1. The molecular weight excluding hydrogens is 570 g/mol. The van der Waals surface area contributed by atoms with Crippen molar-refractivity contribution in [2.24, 2.45) is 0 Å². The molecule has 0 aliphatic carbocycles. The Balaban J connectivity index is 1.78. The van der Waals surface area contributed by atoms with E-state index >= 15 is 0 Å². The molecule has 0 fully saturated rings. The van der Waals surface area contributed by atoms with Gasteiger partial charge in [-0.25, -0.2) is 17.8 Å². The highest BCUT2D eigenvalue weighted by atomic mass is 35.5. The first kappa shape index (κ1) is 28.7. The first-order chi connectivity index (χ1) is 18.6. The smallest absolute Gasteiger partial charge is 0.305 e. The Morgan fingerprint density at radius 3 is 2.74 bits per heavy atom. The van der Waals surface area contributed by atoms with E-state index in [1.807, 2.05) is 0 Å². The van der Waals surface area contributed by atoms with Gasteiger partial charge in [0.15, 0.2) is 4.90 Å². The van der Waals surface area contributed by atoms with E-state index in [-0.39, 0.29) is 63.8 Å². The maximum Gasteiger partial charge on any atom is 0.305 e. The van der Waals surface area contributed by atoms with Crippen molar-refractivity contribution in [3.05, 3.63) is 75.7 Å². The summed E-state index contributed by atoms with van der Waals surface area (Å²) in [7, 11) is -2.99. The number of benzene rings is 2. The molecular formula is C27H25Cl2FN2O6S. The lowest BCUT2D eigenvalue weighted by Crippen LogP contribution is -2.44. The van der Waals surface area contributed by atoms with Crippen LogP contribution in [0.15, 0.2) is 53.6 Å². The monoisotopic (exact) mass is 594 g/mol. The van der Waals surface area contributed by atoms with Crippen LogP contribution < -0.4 is 13.8 Å². The summed E-state index contributed by atoms with van der Waals surface area (Å²) in [4.78, 5) is 15.6. The molecule has 0 amide bonds. The molecule has 4 rings (SSSR count). The number of carbonyl (C=O) groups is 1. The Morgan fingerprint density at radius 1 is 1.23 bits per heavy atom. The normalized spacial score (nSPS) is 15.1. The summed E-state index contributed by atoms with van der Waals surface area (Å²) < 4.78 is 59.8. The third-order valence-corrected chi connectivity index (χ3v) is 8.20. The zero-order valence-electron chi connectivity index (χ0n) is 21.1. The van der Waals surface area contributed by atoms with Crippen LogP contribution in [0.25, 0.3) is 12.2 Å². The molecule has 0 N–H and O–H groups in total. The van der Waals surface area contributed by atoms with Crippen molar-refractivity contribution < 1.29 is 31.8 Å². The minimum Gasteiger partial charge on any atom is -0.486 e. The summed E-state index contributed by atoms with van der Waals surface area (Å²) in [6, 6.07) is 10.6. The Hall–Kier alpha value is -3.34. The highest BCUT2D eigenvalue weighted by molar-refractivity contribution is 7.93. The number of aromatic nitrogens is 1. The van der Waals surface area contributed by atoms with Crippen molar-refractivity contribution in [1.82, 2.24) is 4.98 Å². The lowest BCUT2D eigenvalue weighted by molar-refractivity contribution is -0.141. The van der Waals surface area contributed by atoms with Gasteiger partial charge in [0, 0.05) is 18.2 Å². The van der Waals surface area contributed by atoms with Gasteiger partial charge in [0.25, 0.3) is 10.0 Å². The molecule has 0 unspecified atom stereocenters. The second-order valence-corrected chi connectivity index (χ2v) is 11.2. The molecule has 12 heteroatoms. The largest absolute Gasteiger partial charge is 0.486 e. The number of ether oxygens (including phenoxy) is 3. The Kier molecular flexibility index (Phi) is 8.99. The molecule has 1 aliphatic heterocycles. The van der Waals surface area contributed by atoms with Gasteiger partial charge in [0.1, 0.15) is 17.7 Å². The summed E-state index contributed by atoms with van der Waals surface area (Å²) in [6.45, 7) is 1.79. The summed E-state index contributed by atoms with van der Waals surface area (Å²) in [5.74, 6) is -0.738. The van der Waals surface area contributed by atoms with Gasteiger partial charge in [0.05, 0.1) is 36.0 Å². The van der Waals surface area contributed by atoms with Crippen LogP contribution in [0.2, 0.25) is 10.0 Å². The summed E-state index contributed by atoms with van der Waals surface area (Å²) in [6.07, 6.45) is 4.04. The van der Waals surface area contributed by atoms with E-state index in [9.17, 15) is 17.6 Å². The number of halogens is 3. The molecule has 0 radical (unpaired) electrons. The second-order valence-electron chi connectivity index (χ2n) is 8.48. The molecule has 0 spiro atoms. The molecule has 1 aromatic heterocycles. The third-order valence-electron chi connectivity index (χ3n) is 5.89. The number of rotatable bonds is 9. The molecule has 2 aromatic carbocycles. The number of carbonyl (C=O) groups excluding carboxylic acids is 1. The van der Waals surface area contributed by atoms with Crippen molar-refractivity contribution in [2.45, 2.75) is 30.8 Å². The SMILES string of the molecule is CCOc1ncc(Cl)cc1S(=O)(=O)N1C[C@H](CCC(=O)OC)Oc2ccc(/C=C/c3c(F)cccc3Cl)cc21. The summed E-state index contributed by atoms with van der Waals surface area (Å²) in [5, 5.41) is 0.355. The predicted molar refractivity (Wildman–Crippen MR) is 147 cm³/mol. The van der Waals surface area contributed by atoms with Crippen LogP contribution >= 0.6 is 23.2 Å². The maximum atomic E-state index is 14.3. The molecule has 8 nitrogen and oxygen atoms in total. The standard InChI is InChI=1S/C27H25Cl2FN2O6S/c1-3-37-27-25(14-18(28)15-31-27)39(34,35)32-16-19(9-12-26(33)36-2)38-24-11-8-17(13-23(24)32)7-10-20-21(29)5-4-6-22(20)30/h4-8,10-11,13-15,19H,3,9,12,16H2,1-2H3/b10-7+/t19-/m0/s1. The van der Waals surface area contributed by atoms with Gasteiger partial charge in [-0.2, -0.15) is 0 Å². The number of pyridine rings is 1. The number of fused-ring (bicyclic) bond motifs is 1. The molecule has 1 atom stereocenters. The molecule has 1 aliphatic rings. The summed E-state index contributed by atoms with van der Waals surface area (Å²) in [5.41, 5.74) is 1.01. The molecule has 0 saturated carbocycles. The fraction of sp³-hybridized carbons (Fsp3) is 0.259. The first-order valence-electron chi connectivity index (χ1n) is 11.9. The Morgan fingerprint density at radius 2 is 2.03 bits per heavy atom. The molecule has 39 heavy (non-hydrogen) atoms. The number of hydrogen-bond donors (Lipinski definition) is 0. The predicted octanol–water partition coefficient (Wildman–Crippen LogP) is 6.01. The van der Waals surface area contributed by atoms with Crippen molar-refractivity contribution in [3.63, 3.8) is 0 Å². The number of hydrogen-bond acceptors (Lipinski definition) is 7. The molecule has 2 heterocycles. The van der Waals surface area contributed by atoms with Gasteiger partial charge in [-0.05, 0) is 55.3 Å². The molecule has 0 bridgehead atoms. The van der Waals surface area contributed by atoms with Crippen molar-refractivity contribution in [1.29, 1.82) is 0 Å². The zero-order chi connectivity index (χ0) is 28.2. The van der Waals surface area contributed by atoms with E-state index in [4.69, 9.17) is 37.4 Å². The minimum absolute atomic E-state index is 0.0392. The van der Waals surface area contributed by atoms with Gasteiger partial charge in [-0.1, -0.05) is 41.4 Å². The minimum atomic E-state index is -4.27. The molecule has 0 saturated heterocycles.